The average Bonchev–Trinajstić information content (AvgIpc) is 2.47. The van der Waals surface area contributed by atoms with E-state index >= 15 is 0 Å². The summed E-state index contributed by atoms with van der Waals surface area (Å²) in [5.41, 5.74) is 3.57. The van der Waals surface area contributed by atoms with Gasteiger partial charge in [-0.3, -0.25) is 0 Å². The summed E-state index contributed by atoms with van der Waals surface area (Å²) in [7, 11) is 1.44. The number of anilines is 1. The van der Waals surface area contributed by atoms with Crippen LogP contribution >= 0.6 is 0 Å². The predicted octanol–water partition coefficient (Wildman–Crippen LogP) is 3.63. The lowest BCUT2D eigenvalue weighted by Gasteiger charge is -2.11. The van der Waals surface area contributed by atoms with E-state index in [1.165, 1.54) is 13.2 Å². The van der Waals surface area contributed by atoms with Gasteiger partial charge in [0.25, 0.3) is 0 Å². The molecule has 0 unspecified atom stereocenters. The molecule has 0 aliphatic heterocycles. The van der Waals surface area contributed by atoms with Crippen molar-refractivity contribution in [1.82, 2.24) is 0 Å². The van der Waals surface area contributed by atoms with E-state index in [9.17, 15) is 4.39 Å². The third-order valence-corrected chi connectivity index (χ3v) is 3.11. The molecule has 0 heterocycles. The van der Waals surface area contributed by atoms with Crippen LogP contribution < -0.4 is 10.1 Å². The first kappa shape index (κ1) is 13.9. The van der Waals surface area contributed by atoms with Crippen molar-refractivity contribution in [3.63, 3.8) is 0 Å². The quantitative estimate of drug-likeness (QED) is 0.922. The van der Waals surface area contributed by atoms with Gasteiger partial charge in [0.05, 0.1) is 18.7 Å². The van der Waals surface area contributed by atoms with Gasteiger partial charge < -0.3 is 10.1 Å². The summed E-state index contributed by atoms with van der Waals surface area (Å²) in [6.45, 7) is 2.56. The molecule has 0 saturated carbocycles. The highest BCUT2D eigenvalue weighted by molar-refractivity contribution is 5.50. The molecule has 2 aromatic carbocycles. The first-order valence-corrected chi connectivity index (χ1v) is 6.21. The topological polar surface area (TPSA) is 45.0 Å². The molecule has 102 valence electrons. The molecular weight excluding hydrogens is 255 g/mol. The van der Waals surface area contributed by atoms with Crippen molar-refractivity contribution in [3.05, 3.63) is 58.9 Å². The number of nitrogens with zero attached hydrogens (tertiary/aromatic N) is 1. The lowest BCUT2D eigenvalue weighted by molar-refractivity contribution is 0.387. The largest absolute Gasteiger partial charge is 0.494 e. The molecular formula is C16H15FN2O. The van der Waals surface area contributed by atoms with Crippen LogP contribution in [0.25, 0.3) is 0 Å². The summed E-state index contributed by atoms with van der Waals surface area (Å²) < 4.78 is 18.2. The van der Waals surface area contributed by atoms with Crippen molar-refractivity contribution >= 4 is 5.69 Å². The highest BCUT2D eigenvalue weighted by atomic mass is 19.1. The SMILES string of the molecule is COc1cc(NCc2ccc(C#N)cc2C)ccc1F. The Kier molecular flexibility index (Phi) is 4.21. The number of methoxy groups -OCH3 is 1. The molecule has 0 bridgehead atoms. The van der Waals surface area contributed by atoms with Crippen LogP contribution in [0.1, 0.15) is 16.7 Å². The zero-order valence-corrected chi connectivity index (χ0v) is 11.4. The monoisotopic (exact) mass is 270 g/mol. The molecule has 0 saturated heterocycles. The molecule has 20 heavy (non-hydrogen) atoms. The van der Waals surface area contributed by atoms with Gasteiger partial charge in [0, 0.05) is 18.3 Å². The number of nitriles is 1. The Morgan fingerprint density at radius 1 is 1.25 bits per heavy atom. The van der Waals surface area contributed by atoms with Gasteiger partial charge in [-0.25, -0.2) is 4.39 Å². The molecule has 1 N–H and O–H groups in total. The summed E-state index contributed by atoms with van der Waals surface area (Å²) >= 11 is 0. The number of rotatable bonds is 4. The fourth-order valence-corrected chi connectivity index (χ4v) is 1.93. The Labute approximate surface area is 117 Å². The lowest BCUT2D eigenvalue weighted by atomic mass is 10.1. The number of benzene rings is 2. The van der Waals surface area contributed by atoms with Gasteiger partial charge in [-0.2, -0.15) is 5.26 Å². The fourth-order valence-electron chi connectivity index (χ4n) is 1.93. The van der Waals surface area contributed by atoms with E-state index in [0.717, 1.165) is 16.8 Å². The summed E-state index contributed by atoms with van der Waals surface area (Å²) in [6.07, 6.45) is 0. The van der Waals surface area contributed by atoms with Crippen molar-refractivity contribution in [2.45, 2.75) is 13.5 Å². The van der Waals surface area contributed by atoms with Crippen LogP contribution in [-0.2, 0) is 6.54 Å². The molecule has 0 aliphatic rings. The second kappa shape index (κ2) is 6.07. The normalized spacial score (nSPS) is 9.90. The minimum Gasteiger partial charge on any atom is -0.494 e. The van der Waals surface area contributed by atoms with E-state index in [1.807, 2.05) is 19.1 Å². The molecule has 0 radical (unpaired) electrons. The van der Waals surface area contributed by atoms with Crippen LogP contribution in [0.5, 0.6) is 5.75 Å². The van der Waals surface area contributed by atoms with Crippen LogP contribution in [0.3, 0.4) is 0 Å². The third kappa shape index (κ3) is 3.07. The van der Waals surface area contributed by atoms with Crippen LogP contribution in [0, 0.1) is 24.1 Å². The molecule has 0 aliphatic carbocycles. The highest BCUT2D eigenvalue weighted by Crippen LogP contribution is 2.22. The number of hydrogen-bond donors (Lipinski definition) is 1. The van der Waals surface area contributed by atoms with Gasteiger partial charge in [-0.15, -0.1) is 0 Å². The minimum absolute atomic E-state index is 0.214. The summed E-state index contributed by atoms with van der Waals surface area (Å²) in [6, 6.07) is 12.3. The van der Waals surface area contributed by atoms with Crippen molar-refractivity contribution < 1.29 is 9.13 Å². The standard InChI is InChI=1S/C16H15FN2O/c1-11-7-12(9-18)3-4-13(11)10-19-14-5-6-15(17)16(8-14)20-2/h3-8,19H,10H2,1-2H3. The van der Waals surface area contributed by atoms with Crippen molar-refractivity contribution in [2.75, 3.05) is 12.4 Å². The van der Waals surface area contributed by atoms with Crippen LogP contribution in [0.2, 0.25) is 0 Å². The number of hydrogen-bond acceptors (Lipinski definition) is 3. The number of ether oxygens (including phenoxy) is 1. The van der Waals surface area contributed by atoms with Crippen LogP contribution in [-0.4, -0.2) is 7.11 Å². The number of aryl methyl sites for hydroxylation is 1. The molecule has 0 spiro atoms. The smallest absolute Gasteiger partial charge is 0.165 e. The molecule has 0 aromatic heterocycles. The number of halogens is 1. The van der Waals surface area contributed by atoms with E-state index in [1.54, 1.807) is 18.2 Å². The Balaban J connectivity index is 2.11. The van der Waals surface area contributed by atoms with Gasteiger partial charge in [0.15, 0.2) is 11.6 Å². The molecule has 0 fully saturated rings. The van der Waals surface area contributed by atoms with Crippen molar-refractivity contribution in [1.29, 1.82) is 5.26 Å². The summed E-state index contributed by atoms with van der Waals surface area (Å²) in [5, 5.41) is 12.0. The van der Waals surface area contributed by atoms with E-state index < -0.39 is 0 Å². The molecule has 0 amide bonds. The molecule has 2 rings (SSSR count). The summed E-state index contributed by atoms with van der Waals surface area (Å²) in [4.78, 5) is 0. The zero-order valence-electron chi connectivity index (χ0n) is 11.4. The fraction of sp³-hybridized carbons (Fsp3) is 0.188. The van der Waals surface area contributed by atoms with Crippen molar-refractivity contribution in [3.8, 4) is 11.8 Å². The third-order valence-electron chi connectivity index (χ3n) is 3.11. The Morgan fingerprint density at radius 3 is 2.70 bits per heavy atom. The van der Waals surface area contributed by atoms with Gasteiger partial charge in [-0.1, -0.05) is 6.07 Å². The minimum atomic E-state index is -0.382. The maximum absolute atomic E-state index is 13.3. The predicted molar refractivity (Wildman–Crippen MR) is 76.2 cm³/mol. The Hall–Kier alpha value is -2.54. The van der Waals surface area contributed by atoms with Gasteiger partial charge in [0.2, 0.25) is 0 Å². The first-order valence-electron chi connectivity index (χ1n) is 6.21. The van der Waals surface area contributed by atoms with E-state index in [2.05, 4.69) is 11.4 Å². The van der Waals surface area contributed by atoms with E-state index in [4.69, 9.17) is 10.00 Å². The first-order chi connectivity index (χ1) is 9.63. The van der Waals surface area contributed by atoms with Gasteiger partial charge in [-0.05, 0) is 42.3 Å². The maximum Gasteiger partial charge on any atom is 0.165 e. The van der Waals surface area contributed by atoms with Crippen LogP contribution in [0.15, 0.2) is 36.4 Å². The van der Waals surface area contributed by atoms with Crippen LogP contribution in [0.4, 0.5) is 10.1 Å². The zero-order chi connectivity index (χ0) is 14.5. The van der Waals surface area contributed by atoms with Crippen molar-refractivity contribution in [2.24, 2.45) is 0 Å². The van der Waals surface area contributed by atoms with Gasteiger partial charge >= 0.3 is 0 Å². The van der Waals surface area contributed by atoms with E-state index in [-0.39, 0.29) is 11.6 Å². The molecule has 4 heteroatoms. The Morgan fingerprint density at radius 2 is 2.05 bits per heavy atom. The van der Waals surface area contributed by atoms with E-state index in [0.29, 0.717) is 12.1 Å². The second-order valence-corrected chi connectivity index (χ2v) is 4.46. The summed E-state index contributed by atoms with van der Waals surface area (Å²) in [5.74, 6) is -0.167. The van der Waals surface area contributed by atoms with Gasteiger partial charge in [0.1, 0.15) is 0 Å². The Bertz CT molecular complexity index is 662. The maximum atomic E-state index is 13.3. The number of nitrogens with one attached hydrogen (secondary N) is 1. The molecule has 0 atom stereocenters. The molecule has 2 aromatic rings. The average molecular weight is 270 g/mol. The lowest BCUT2D eigenvalue weighted by Crippen LogP contribution is -2.02. The highest BCUT2D eigenvalue weighted by Gasteiger charge is 2.04. The molecule has 3 nitrogen and oxygen atoms in total. The second-order valence-electron chi connectivity index (χ2n) is 4.46.